The van der Waals surface area contributed by atoms with Gasteiger partial charge in [-0.3, -0.25) is 4.98 Å². The second-order valence-corrected chi connectivity index (χ2v) is 3.88. The fraction of sp³-hybridized carbons (Fsp3) is 0.583. The highest BCUT2D eigenvalue weighted by atomic mass is 16.5. The maximum Gasteiger partial charge on any atom is 0.0785 e. The summed E-state index contributed by atoms with van der Waals surface area (Å²) in [7, 11) is 1.59. The van der Waals surface area contributed by atoms with Crippen LogP contribution in [0, 0.1) is 6.92 Å². The van der Waals surface area contributed by atoms with Gasteiger partial charge < -0.3 is 15.2 Å². The van der Waals surface area contributed by atoms with Crippen LogP contribution in [0.2, 0.25) is 0 Å². The first-order valence-corrected chi connectivity index (χ1v) is 5.51. The first-order chi connectivity index (χ1) is 7.74. The van der Waals surface area contributed by atoms with Crippen molar-refractivity contribution in [1.82, 2.24) is 10.3 Å². The van der Waals surface area contributed by atoms with Crippen LogP contribution in [0.3, 0.4) is 0 Å². The van der Waals surface area contributed by atoms with Crippen molar-refractivity contribution in [3.05, 3.63) is 29.6 Å². The van der Waals surface area contributed by atoms with Crippen molar-refractivity contribution in [3.63, 3.8) is 0 Å². The Balaban J connectivity index is 2.19. The largest absolute Gasteiger partial charge is 0.391 e. The molecule has 4 nitrogen and oxygen atoms in total. The van der Waals surface area contributed by atoms with Gasteiger partial charge in [-0.2, -0.15) is 0 Å². The van der Waals surface area contributed by atoms with Crippen LogP contribution >= 0.6 is 0 Å². The molecule has 0 amide bonds. The summed E-state index contributed by atoms with van der Waals surface area (Å²) >= 11 is 0. The molecule has 16 heavy (non-hydrogen) atoms. The first kappa shape index (κ1) is 13.1. The number of nitrogens with one attached hydrogen (secondary N) is 1. The van der Waals surface area contributed by atoms with Crippen LogP contribution in [0.1, 0.15) is 17.5 Å². The number of aromatic nitrogens is 1. The Bertz CT molecular complexity index is 305. The minimum absolute atomic E-state index is 0.382. The SMILES string of the molecule is COCC(O)CCNCc1cnccc1C. The maximum absolute atomic E-state index is 9.42. The number of ether oxygens (including phenoxy) is 1. The van der Waals surface area contributed by atoms with Gasteiger partial charge in [-0.1, -0.05) is 0 Å². The van der Waals surface area contributed by atoms with E-state index in [1.54, 1.807) is 13.3 Å². The lowest BCUT2D eigenvalue weighted by molar-refractivity contribution is 0.0594. The van der Waals surface area contributed by atoms with Gasteiger partial charge in [0, 0.05) is 26.0 Å². The summed E-state index contributed by atoms with van der Waals surface area (Å²) in [5.41, 5.74) is 2.43. The number of hydrogen-bond donors (Lipinski definition) is 2. The molecular formula is C12H20N2O2. The predicted octanol–water partition coefficient (Wildman–Crippen LogP) is 0.877. The second-order valence-electron chi connectivity index (χ2n) is 3.88. The van der Waals surface area contributed by atoms with Gasteiger partial charge in [0.05, 0.1) is 12.7 Å². The Morgan fingerprint density at radius 1 is 1.56 bits per heavy atom. The van der Waals surface area contributed by atoms with E-state index < -0.39 is 0 Å². The highest BCUT2D eigenvalue weighted by Crippen LogP contribution is 2.03. The van der Waals surface area contributed by atoms with E-state index in [9.17, 15) is 5.11 Å². The van der Waals surface area contributed by atoms with Crippen LogP contribution in [-0.4, -0.2) is 36.5 Å². The summed E-state index contributed by atoms with van der Waals surface area (Å²) in [6.07, 6.45) is 3.98. The Morgan fingerprint density at radius 2 is 2.38 bits per heavy atom. The first-order valence-electron chi connectivity index (χ1n) is 5.51. The summed E-state index contributed by atoms with van der Waals surface area (Å²) in [5, 5.41) is 12.7. The molecule has 1 aromatic rings. The predicted molar refractivity (Wildman–Crippen MR) is 63.2 cm³/mol. The zero-order valence-electron chi connectivity index (χ0n) is 9.94. The molecule has 0 radical (unpaired) electrons. The quantitative estimate of drug-likeness (QED) is 0.675. The van der Waals surface area contributed by atoms with E-state index in [4.69, 9.17) is 4.74 Å². The van der Waals surface area contributed by atoms with Crippen molar-refractivity contribution < 1.29 is 9.84 Å². The number of methoxy groups -OCH3 is 1. The molecule has 0 aliphatic rings. The summed E-state index contributed by atoms with van der Waals surface area (Å²) < 4.78 is 4.85. The van der Waals surface area contributed by atoms with E-state index in [1.165, 1.54) is 11.1 Å². The van der Waals surface area contributed by atoms with Crippen molar-refractivity contribution in [3.8, 4) is 0 Å². The Kier molecular flexibility index (Phi) is 6.00. The molecule has 0 saturated heterocycles. The Labute approximate surface area is 96.7 Å². The maximum atomic E-state index is 9.42. The molecule has 0 aliphatic heterocycles. The number of aliphatic hydroxyl groups is 1. The van der Waals surface area contributed by atoms with Crippen LogP contribution in [0.4, 0.5) is 0 Å². The lowest BCUT2D eigenvalue weighted by Gasteiger charge is -2.10. The van der Waals surface area contributed by atoms with E-state index in [0.717, 1.165) is 13.1 Å². The van der Waals surface area contributed by atoms with Crippen molar-refractivity contribution >= 4 is 0 Å². The number of hydrogen-bond acceptors (Lipinski definition) is 4. The Morgan fingerprint density at radius 3 is 3.06 bits per heavy atom. The standard InChI is InChI=1S/C12H20N2O2/c1-10-3-5-13-7-11(10)8-14-6-4-12(15)9-16-2/h3,5,7,12,14-15H,4,6,8-9H2,1-2H3. The van der Waals surface area contributed by atoms with E-state index in [1.807, 2.05) is 12.3 Å². The van der Waals surface area contributed by atoms with E-state index in [2.05, 4.69) is 17.2 Å². The molecule has 0 aromatic carbocycles. The fourth-order valence-corrected chi connectivity index (χ4v) is 1.45. The van der Waals surface area contributed by atoms with Gasteiger partial charge in [0.15, 0.2) is 0 Å². The molecule has 0 saturated carbocycles. The summed E-state index contributed by atoms with van der Waals surface area (Å²) in [5.74, 6) is 0. The van der Waals surface area contributed by atoms with Gasteiger partial charge >= 0.3 is 0 Å². The van der Waals surface area contributed by atoms with E-state index in [0.29, 0.717) is 13.0 Å². The molecule has 1 atom stereocenters. The zero-order chi connectivity index (χ0) is 11.8. The monoisotopic (exact) mass is 224 g/mol. The summed E-state index contributed by atoms with van der Waals surface area (Å²) in [6, 6.07) is 2.00. The number of pyridine rings is 1. The normalized spacial score (nSPS) is 12.7. The van der Waals surface area contributed by atoms with Crippen LogP contribution in [-0.2, 0) is 11.3 Å². The van der Waals surface area contributed by atoms with Gasteiger partial charge in [0.25, 0.3) is 0 Å². The molecule has 2 N–H and O–H groups in total. The minimum Gasteiger partial charge on any atom is -0.391 e. The van der Waals surface area contributed by atoms with Crippen molar-refractivity contribution in [2.75, 3.05) is 20.3 Å². The molecule has 1 unspecified atom stereocenters. The van der Waals surface area contributed by atoms with Crippen LogP contribution in [0.5, 0.6) is 0 Å². The molecule has 0 fully saturated rings. The van der Waals surface area contributed by atoms with Gasteiger partial charge in [-0.05, 0) is 37.1 Å². The third-order valence-corrected chi connectivity index (χ3v) is 2.48. The molecule has 0 spiro atoms. The summed E-state index contributed by atoms with van der Waals surface area (Å²) in [4.78, 5) is 4.08. The lowest BCUT2D eigenvalue weighted by Crippen LogP contribution is -2.23. The van der Waals surface area contributed by atoms with Crippen molar-refractivity contribution in [2.45, 2.75) is 26.0 Å². The number of aryl methyl sites for hydroxylation is 1. The third kappa shape index (κ3) is 4.70. The topological polar surface area (TPSA) is 54.4 Å². The average Bonchev–Trinajstić information content (AvgIpc) is 2.27. The van der Waals surface area contributed by atoms with Crippen LogP contribution in [0.25, 0.3) is 0 Å². The molecule has 1 rings (SSSR count). The van der Waals surface area contributed by atoms with Crippen LogP contribution < -0.4 is 5.32 Å². The van der Waals surface area contributed by atoms with Crippen LogP contribution in [0.15, 0.2) is 18.5 Å². The van der Waals surface area contributed by atoms with Gasteiger partial charge in [-0.15, -0.1) is 0 Å². The molecule has 1 aromatic heterocycles. The number of nitrogens with zero attached hydrogens (tertiary/aromatic N) is 1. The second kappa shape index (κ2) is 7.33. The highest BCUT2D eigenvalue weighted by Gasteiger charge is 2.02. The number of aliphatic hydroxyl groups excluding tert-OH is 1. The Hall–Kier alpha value is -0.970. The third-order valence-electron chi connectivity index (χ3n) is 2.48. The van der Waals surface area contributed by atoms with Crippen molar-refractivity contribution in [2.24, 2.45) is 0 Å². The van der Waals surface area contributed by atoms with Crippen molar-refractivity contribution in [1.29, 1.82) is 0 Å². The molecule has 1 heterocycles. The summed E-state index contributed by atoms with van der Waals surface area (Å²) in [6.45, 7) is 4.03. The minimum atomic E-state index is -0.382. The molecule has 0 aliphatic carbocycles. The average molecular weight is 224 g/mol. The van der Waals surface area contributed by atoms with Gasteiger partial charge in [0.2, 0.25) is 0 Å². The number of rotatable bonds is 7. The lowest BCUT2D eigenvalue weighted by atomic mass is 10.1. The molecule has 4 heteroatoms. The van der Waals surface area contributed by atoms with Gasteiger partial charge in [-0.25, -0.2) is 0 Å². The smallest absolute Gasteiger partial charge is 0.0785 e. The van der Waals surface area contributed by atoms with E-state index >= 15 is 0 Å². The molecule has 90 valence electrons. The van der Waals surface area contributed by atoms with Gasteiger partial charge in [0.1, 0.15) is 0 Å². The van der Waals surface area contributed by atoms with E-state index in [-0.39, 0.29) is 6.10 Å². The zero-order valence-corrected chi connectivity index (χ0v) is 9.94. The molecular weight excluding hydrogens is 204 g/mol. The highest BCUT2D eigenvalue weighted by molar-refractivity contribution is 5.20. The fourth-order valence-electron chi connectivity index (χ4n) is 1.45. The molecule has 0 bridgehead atoms.